The normalized spacial score (nSPS) is 13.9. The number of aryl methyl sites for hydroxylation is 2. The van der Waals surface area contributed by atoms with Crippen LogP contribution in [0.2, 0.25) is 0 Å². The number of hydrogen-bond acceptors (Lipinski definition) is 5. The Kier molecular flexibility index (Phi) is 6.60. The highest BCUT2D eigenvalue weighted by atomic mass is 32.2. The quantitative estimate of drug-likeness (QED) is 0.455. The van der Waals surface area contributed by atoms with Crippen molar-refractivity contribution in [2.45, 2.75) is 50.7 Å². The number of para-hydroxylation sites is 1. The zero-order valence-electron chi connectivity index (χ0n) is 18.2. The molecular weight excluding hydrogens is 424 g/mol. The van der Waals surface area contributed by atoms with E-state index < -0.39 is 11.9 Å². The van der Waals surface area contributed by atoms with E-state index >= 15 is 0 Å². The van der Waals surface area contributed by atoms with Crippen LogP contribution in [0, 0.1) is 13.8 Å². The first-order chi connectivity index (χ1) is 15.4. The minimum atomic E-state index is -0.472. The van der Waals surface area contributed by atoms with E-state index in [1.165, 1.54) is 4.57 Å². The van der Waals surface area contributed by atoms with Gasteiger partial charge in [0.25, 0.3) is 5.56 Å². The van der Waals surface area contributed by atoms with E-state index in [-0.39, 0.29) is 17.4 Å². The summed E-state index contributed by atoms with van der Waals surface area (Å²) < 4.78 is 1.53. The van der Waals surface area contributed by atoms with Crippen LogP contribution in [0.15, 0.2) is 52.4 Å². The van der Waals surface area contributed by atoms with E-state index in [1.807, 2.05) is 38.1 Å². The van der Waals surface area contributed by atoms with E-state index in [4.69, 9.17) is 0 Å². The summed E-state index contributed by atoms with van der Waals surface area (Å²) >= 11 is 1.13. The van der Waals surface area contributed by atoms with Gasteiger partial charge < -0.3 is 5.32 Å². The van der Waals surface area contributed by atoms with Crippen LogP contribution in [-0.4, -0.2) is 33.3 Å². The molecule has 0 bridgehead atoms. The van der Waals surface area contributed by atoms with Gasteiger partial charge in [0.15, 0.2) is 5.16 Å². The SMILES string of the molecule is Cc1ccc(-n2c(SCC(=O)NC(=O)NC3CCCC3)nc3ccccc3c2=O)cc1C. The summed E-state index contributed by atoms with van der Waals surface area (Å²) in [7, 11) is 0. The first-order valence-electron chi connectivity index (χ1n) is 10.7. The van der Waals surface area contributed by atoms with Crippen LogP contribution in [0.1, 0.15) is 36.8 Å². The van der Waals surface area contributed by atoms with Gasteiger partial charge >= 0.3 is 6.03 Å². The minimum Gasteiger partial charge on any atom is -0.335 e. The molecule has 0 saturated heterocycles. The maximum Gasteiger partial charge on any atom is 0.321 e. The molecule has 1 fully saturated rings. The number of urea groups is 1. The summed E-state index contributed by atoms with van der Waals surface area (Å²) in [6, 6.07) is 12.6. The Morgan fingerprint density at radius 3 is 2.59 bits per heavy atom. The highest BCUT2D eigenvalue weighted by Gasteiger charge is 2.19. The van der Waals surface area contributed by atoms with Gasteiger partial charge in [-0.25, -0.2) is 9.78 Å². The predicted molar refractivity (Wildman–Crippen MR) is 126 cm³/mol. The van der Waals surface area contributed by atoms with Gasteiger partial charge in [-0.1, -0.05) is 42.8 Å². The average Bonchev–Trinajstić information content (AvgIpc) is 3.27. The first kappa shape index (κ1) is 22.1. The van der Waals surface area contributed by atoms with E-state index in [2.05, 4.69) is 15.6 Å². The lowest BCUT2D eigenvalue weighted by molar-refractivity contribution is -0.117. The van der Waals surface area contributed by atoms with Crippen molar-refractivity contribution in [3.63, 3.8) is 0 Å². The highest BCUT2D eigenvalue weighted by molar-refractivity contribution is 7.99. The standard InChI is InChI=1S/C24H26N4O3S/c1-15-11-12-18(13-16(15)2)28-22(30)19-9-5-6-10-20(19)26-24(28)32-14-21(29)27-23(31)25-17-7-3-4-8-17/h5-6,9-13,17H,3-4,7-8,14H2,1-2H3,(H2,25,27,29,31). The Morgan fingerprint density at radius 2 is 1.84 bits per heavy atom. The van der Waals surface area contributed by atoms with Gasteiger partial charge in [-0.05, 0) is 62.1 Å². The number of rotatable bonds is 5. The Morgan fingerprint density at radius 1 is 1.09 bits per heavy atom. The van der Waals surface area contributed by atoms with Crippen molar-refractivity contribution in [1.82, 2.24) is 20.2 Å². The molecule has 2 N–H and O–H groups in total. The number of nitrogens with zero attached hydrogens (tertiary/aromatic N) is 2. The number of thioether (sulfide) groups is 1. The molecule has 1 aromatic heterocycles. The highest BCUT2D eigenvalue weighted by Crippen LogP contribution is 2.23. The number of carbonyl (C=O) groups excluding carboxylic acids is 2. The third-order valence-corrected chi connectivity index (χ3v) is 6.71. The number of amides is 3. The fourth-order valence-electron chi connectivity index (χ4n) is 3.89. The second-order valence-electron chi connectivity index (χ2n) is 8.11. The third kappa shape index (κ3) is 4.85. The number of carbonyl (C=O) groups is 2. The topological polar surface area (TPSA) is 93.1 Å². The van der Waals surface area contributed by atoms with Crippen LogP contribution in [0.5, 0.6) is 0 Å². The molecular formula is C24H26N4O3S. The smallest absolute Gasteiger partial charge is 0.321 e. The van der Waals surface area contributed by atoms with Gasteiger partial charge in [0, 0.05) is 6.04 Å². The van der Waals surface area contributed by atoms with Crippen LogP contribution < -0.4 is 16.2 Å². The maximum atomic E-state index is 13.3. The molecule has 1 aliphatic carbocycles. The molecule has 1 saturated carbocycles. The summed E-state index contributed by atoms with van der Waals surface area (Å²) in [4.78, 5) is 42.4. The molecule has 8 heteroatoms. The molecule has 32 heavy (non-hydrogen) atoms. The maximum absolute atomic E-state index is 13.3. The zero-order chi connectivity index (χ0) is 22.7. The van der Waals surface area contributed by atoms with Crippen molar-refractivity contribution in [1.29, 1.82) is 0 Å². The van der Waals surface area contributed by atoms with Gasteiger partial charge in [0.05, 0.1) is 22.3 Å². The number of hydrogen-bond donors (Lipinski definition) is 2. The van der Waals surface area contributed by atoms with Crippen LogP contribution in [0.3, 0.4) is 0 Å². The third-order valence-electron chi connectivity index (χ3n) is 5.77. The van der Waals surface area contributed by atoms with Crippen LogP contribution >= 0.6 is 11.8 Å². The summed E-state index contributed by atoms with van der Waals surface area (Å²) in [6.07, 6.45) is 4.08. The molecule has 0 unspecified atom stereocenters. The Labute approximate surface area is 190 Å². The van der Waals surface area contributed by atoms with E-state index in [0.717, 1.165) is 48.6 Å². The van der Waals surface area contributed by atoms with E-state index in [0.29, 0.717) is 21.7 Å². The Balaban J connectivity index is 1.58. The van der Waals surface area contributed by atoms with Gasteiger partial charge in [0.2, 0.25) is 5.91 Å². The van der Waals surface area contributed by atoms with Crippen molar-refractivity contribution in [3.8, 4) is 5.69 Å². The molecule has 3 aromatic rings. The van der Waals surface area contributed by atoms with Crippen molar-refractivity contribution in [3.05, 3.63) is 63.9 Å². The van der Waals surface area contributed by atoms with E-state index in [1.54, 1.807) is 18.2 Å². The molecule has 4 rings (SSSR count). The molecule has 1 aliphatic rings. The van der Waals surface area contributed by atoms with Gasteiger partial charge in [0.1, 0.15) is 0 Å². The number of fused-ring (bicyclic) bond motifs is 1. The van der Waals surface area contributed by atoms with Crippen molar-refractivity contribution in [2.24, 2.45) is 0 Å². The Bertz CT molecular complexity index is 1230. The van der Waals surface area contributed by atoms with Crippen molar-refractivity contribution >= 4 is 34.6 Å². The number of aromatic nitrogens is 2. The lowest BCUT2D eigenvalue weighted by Crippen LogP contribution is -2.44. The van der Waals surface area contributed by atoms with Gasteiger partial charge in [-0.3, -0.25) is 19.5 Å². The lowest BCUT2D eigenvalue weighted by atomic mass is 10.1. The molecule has 0 aliphatic heterocycles. The van der Waals surface area contributed by atoms with Gasteiger partial charge in [-0.2, -0.15) is 0 Å². The minimum absolute atomic E-state index is 0.0340. The summed E-state index contributed by atoms with van der Waals surface area (Å²) in [5.74, 6) is -0.465. The van der Waals surface area contributed by atoms with E-state index in [9.17, 15) is 14.4 Å². The van der Waals surface area contributed by atoms with Crippen molar-refractivity contribution < 1.29 is 9.59 Å². The molecule has 1 heterocycles. The summed E-state index contributed by atoms with van der Waals surface area (Å²) in [5.41, 5.74) is 3.25. The second kappa shape index (κ2) is 9.56. The lowest BCUT2D eigenvalue weighted by Gasteiger charge is -2.15. The largest absolute Gasteiger partial charge is 0.335 e. The average molecular weight is 451 g/mol. The molecule has 0 spiro atoms. The molecule has 0 atom stereocenters. The number of benzene rings is 2. The molecule has 7 nitrogen and oxygen atoms in total. The molecule has 3 amide bonds. The van der Waals surface area contributed by atoms with Gasteiger partial charge in [-0.15, -0.1) is 0 Å². The van der Waals surface area contributed by atoms with Crippen LogP contribution in [0.4, 0.5) is 4.79 Å². The Hall–Kier alpha value is -3.13. The predicted octanol–water partition coefficient (Wildman–Crippen LogP) is 3.86. The van der Waals surface area contributed by atoms with Crippen molar-refractivity contribution in [2.75, 3.05) is 5.75 Å². The van der Waals surface area contributed by atoms with Crippen LogP contribution in [0.25, 0.3) is 16.6 Å². The second-order valence-corrected chi connectivity index (χ2v) is 9.05. The molecule has 2 aromatic carbocycles. The number of nitrogens with one attached hydrogen (secondary N) is 2. The summed E-state index contributed by atoms with van der Waals surface area (Å²) in [6.45, 7) is 4.00. The molecule has 0 radical (unpaired) electrons. The van der Waals surface area contributed by atoms with Crippen LogP contribution in [-0.2, 0) is 4.79 Å². The monoisotopic (exact) mass is 450 g/mol. The molecule has 166 valence electrons. The number of imide groups is 1. The summed E-state index contributed by atoms with van der Waals surface area (Å²) in [5, 5.41) is 6.13. The first-order valence-corrected chi connectivity index (χ1v) is 11.7. The fourth-order valence-corrected chi connectivity index (χ4v) is 4.70. The zero-order valence-corrected chi connectivity index (χ0v) is 19.0. The fraction of sp³-hybridized carbons (Fsp3) is 0.333.